The number of benzene rings is 2. The number of rotatable bonds is 6. The van der Waals surface area contributed by atoms with Crippen molar-refractivity contribution in [3.8, 4) is 0 Å². The number of para-hydroxylation sites is 1. The van der Waals surface area contributed by atoms with Gasteiger partial charge in [0, 0.05) is 38.3 Å². The number of piperazine rings is 1. The van der Waals surface area contributed by atoms with Crippen LogP contribution in [0.3, 0.4) is 0 Å². The molecule has 1 fully saturated rings. The summed E-state index contributed by atoms with van der Waals surface area (Å²) in [6, 6.07) is 19.2. The van der Waals surface area contributed by atoms with Gasteiger partial charge in [0.1, 0.15) is 0 Å². The van der Waals surface area contributed by atoms with Crippen molar-refractivity contribution in [3.05, 3.63) is 83.3 Å². The van der Waals surface area contributed by atoms with E-state index >= 15 is 0 Å². The van der Waals surface area contributed by atoms with E-state index in [-0.39, 0.29) is 17.9 Å². The number of carbonyl (C=O) groups excluding carboxylic acids is 2. The fraction of sp³-hybridized carbons (Fsp3) is 0.269. The van der Waals surface area contributed by atoms with Crippen molar-refractivity contribution >= 4 is 39.1 Å². The fourth-order valence-electron chi connectivity index (χ4n) is 4.16. The first kappa shape index (κ1) is 22.3. The molecule has 7 nitrogen and oxygen atoms in total. The lowest BCUT2D eigenvalue weighted by Gasteiger charge is -2.37. The smallest absolute Gasteiger partial charge is 0.289 e. The molecule has 5 rings (SSSR count). The molecule has 4 aromatic rings. The number of fused-ring (bicyclic) bond motifs is 1. The van der Waals surface area contributed by atoms with E-state index in [0.29, 0.717) is 31.9 Å². The van der Waals surface area contributed by atoms with Crippen LogP contribution in [0.5, 0.6) is 0 Å². The van der Waals surface area contributed by atoms with Crippen molar-refractivity contribution < 1.29 is 14.0 Å². The summed E-state index contributed by atoms with van der Waals surface area (Å²) in [5, 5.41) is 4.10. The molecular weight excluding hydrogens is 448 g/mol. The number of furan rings is 1. The number of hydrogen-bond donors (Lipinski definition) is 1. The number of aromatic nitrogens is 1. The second-order valence-electron chi connectivity index (χ2n) is 8.42. The Balaban J connectivity index is 1.13. The van der Waals surface area contributed by atoms with E-state index in [1.54, 1.807) is 28.4 Å². The van der Waals surface area contributed by atoms with Crippen molar-refractivity contribution in [1.82, 2.24) is 14.8 Å². The summed E-state index contributed by atoms with van der Waals surface area (Å²) in [5.41, 5.74) is 2.96. The summed E-state index contributed by atoms with van der Waals surface area (Å²) in [6.07, 6.45) is 2.27. The molecule has 8 heteroatoms. The van der Waals surface area contributed by atoms with Gasteiger partial charge in [0.05, 0.1) is 27.5 Å². The van der Waals surface area contributed by atoms with Crippen LogP contribution >= 0.6 is 11.3 Å². The molecule has 0 saturated carbocycles. The molecule has 174 valence electrons. The number of anilines is 1. The molecule has 0 spiro atoms. The topological polar surface area (TPSA) is 78.7 Å². The van der Waals surface area contributed by atoms with Crippen LogP contribution in [0.4, 0.5) is 5.69 Å². The average Bonchev–Trinajstić information content (AvgIpc) is 3.54. The van der Waals surface area contributed by atoms with Crippen molar-refractivity contribution in [2.75, 3.05) is 31.5 Å². The van der Waals surface area contributed by atoms with E-state index in [0.717, 1.165) is 28.2 Å². The first-order chi connectivity index (χ1) is 16.6. The molecule has 0 unspecified atom stereocenters. The Morgan fingerprint density at radius 1 is 1.03 bits per heavy atom. The second kappa shape index (κ2) is 9.79. The van der Waals surface area contributed by atoms with E-state index in [1.165, 1.54) is 11.0 Å². The van der Waals surface area contributed by atoms with Gasteiger partial charge in [0.2, 0.25) is 5.91 Å². The molecule has 1 saturated heterocycles. The normalized spacial score (nSPS) is 15.4. The third-order valence-corrected chi connectivity index (χ3v) is 7.21. The van der Waals surface area contributed by atoms with E-state index in [1.807, 2.05) is 49.4 Å². The molecule has 1 aliphatic heterocycles. The number of nitrogens with zero attached hydrogens (tertiary/aromatic N) is 3. The van der Waals surface area contributed by atoms with Gasteiger partial charge in [-0.25, -0.2) is 4.98 Å². The van der Waals surface area contributed by atoms with Gasteiger partial charge in [0.25, 0.3) is 5.91 Å². The Hall–Kier alpha value is -3.49. The van der Waals surface area contributed by atoms with Crippen molar-refractivity contribution in [1.29, 1.82) is 0 Å². The van der Waals surface area contributed by atoms with Gasteiger partial charge in [0.15, 0.2) is 5.76 Å². The third kappa shape index (κ3) is 4.88. The van der Waals surface area contributed by atoms with Gasteiger partial charge in [-0.2, -0.15) is 0 Å². The van der Waals surface area contributed by atoms with Gasteiger partial charge < -0.3 is 14.6 Å². The quantitative estimate of drug-likeness (QED) is 0.452. The molecule has 2 aromatic carbocycles. The maximum Gasteiger partial charge on any atom is 0.289 e. The van der Waals surface area contributed by atoms with Crippen LogP contribution < -0.4 is 5.32 Å². The second-order valence-corrected chi connectivity index (χ2v) is 9.53. The highest BCUT2D eigenvalue weighted by Gasteiger charge is 2.28. The zero-order valence-corrected chi connectivity index (χ0v) is 19.8. The minimum absolute atomic E-state index is 0.0512. The minimum Gasteiger partial charge on any atom is -0.459 e. The lowest BCUT2D eigenvalue weighted by Crippen LogP contribution is -2.54. The molecule has 34 heavy (non-hydrogen) atoms. The van der Waals surface area contributed by atoms with Crippen molar-refractivity contribution in [2.24, 2.45) is 0 Å². The molecule has 2 aromatic heterocycles. The Kier molecular flexibility index (Phi) is 6.42. The molecule has 1 atom stereocenters. The summed E-state index contributed by atoms with van der Waals surface area (Å²) in [7, 11) is 0. The predicted octanol–water partition coefficient (Wildman–Crippen LogP) is 4.27. The van der Waals surface area contributed by atoms with E-state index in [9.17, 15) is 9.59 Å². The molecule has 0 aliphatic carbocycles. The fourth-order valence-corrected chi connectivity index (χ4v) is 5.16. The Morgan fingerprint density at radius 2 is 1.79 bits per heavy atom. The van der Waals surface area contributed by atoms with Gasteiger partial charge in [-0.15, -0.1) is 11.3 Å². The van der Waals surface area contributed by atoms with Gasteiger partial charge >= 0.3 is 0 Å². The SMILES string of the molecule is C[C@@H](C(=O)Nc1ccc(Cc2nc3ccccc3s2)cc1)N1CCN(C(=O)c2ccco2)CC1. The Labute approximate surface area is 202 Å². The molecule has 2 amide bonds. The van der Waals surface area contributed by atoms with Gasteiger partial charge in [-0.05, 0) is 48.9 Å². The number of hydrogen-bond acceptors (Lipinski definition) is 6. The van der Waals surface area contributed by atoms with E-state index < -0.39 is 0 Å². The first-order valence-electron chi connectivity index (χ1n) is 11.4. The van der Waals surface area contributed by atoms with Crippen LogP contribution in [-0.2, 0) is 11.2 Å². The molecule has 1 N–H and O–H groups in total. The Morgan fingerprint density at radius 3 is 2.50 bits per heavy atom. The number of amides is 2. The van der Waals surface area contributed by atoms with Crippen LogP contribution in [0.25, 0.3) is 10.2 Å². The zero-order valence-electron chi connectivity index (χ0n) is 18.9. The van der Waals surface area contributed by atoms with Gasteiger partial charge in [-0.3, -0.25) is 14.5 Å². The number of carbonyl (C=O) groups is 2. The lowest BCUT2D eigenvalue weighted by atomic mass is 10.1. The predicted molar refractivity (Wildman–Crippen MR) is 133 cm³/mol. The highest BCUT2D eigenvalue weighted by atomic mass is 32.1. The first-order valence-corrected chi connectivity index (χ1v) is 12.2. The summed E-state index contributed by atoms with van der Waals surface area (Å²) in [4.78, 5) is 33.8. The molecule has 0 radical (unpaired) electrons. The van der Waals surface area contributed by atoms with Crippen LogP contribution in [0.2, 0.25) is 0 Å². The average molecular weight is 475 g/mol. The highest BCUT2D eigenvalue weighted by molar-refractivity contribution is 7.18. The van der Waals surface area contributed by atoms with Crippen molar-refractivity contribution in [3.63, 3.8) is 0 Å². The van der Waals surface area contributed by atoms with E-state index in [4.69, 9.17) is 9.40 Å². The molecular formula is C26H26N4O3S. The van der Waals surface area contributed by atoms with Crippen LogP contribution in [0.1, 0.15) is 28.0 Å². The van der Waals surface area contributed by atoms with Crippen LogP contribution in [0, 0.1) is 0 Å². The Bertz CT molecular complexity index is 1240. The number of thiazole rings is 1. The molecule has 3 heterocycles. The van der Waals surface area contributed by atoms with Crippen LogP contribution in [-0.4, -0.2) is 58.8 Å². The molecule has 0 bridgehead atoms. The van der Waals surface area contributed by atoms with E-state index in [2.05, 4.69) is 16.3 Å². The summed E-state index contributed by atoms with van der Waals surface area (Å²) in [5.74, 6) is 0.197. The third-order valence-electron chi connectivity index (χ3n) is 6.18. The summed E-state index contributed by atoms with van der Waals surface area (Å²) in [6.45, 7) is 4.32. The highest BCUT2D eigenvalue weighted by Crippen LogP contribution is 2.24. The monoisotopic (exact) mass is 474 g/mol. The zero-order chi connectivity index (χ0) is 23.5. The summed E-state index contributed by atoms with van der Waals surface area (Å²) < 4.78 is 6.41. The van der Waals surface area contributed by atoms with Gasteiger partial charge in [-0.1, -0.05) is 24.3 Å². The standard InChI is InChI=1S/C26H26N4O3S/c1-18(29-12-14-30(15-13-29)26(32)22-6-4-16-33-22)25(31)27-20-10-8-19(9-11-20)17-24-28-21-5-2-3-7-23(21)34-24/h2-11,16,18H,12-15,17H2,1H3,(H,27,31)/t18-/m0/s1. The lowest BCUT2D eigenvalue weighted by molar-refractivity contribution is -0.121. The maximum atomic E-state index is 12.8. The largest absolute Gasteiger partial charge is 0.459 e. The van der Waals surface area contributed by atoms with Crippen LogP contribution in [0.15, 0.2) is 71.3 Å². The molecule has 1 aliphatic rings. The maximum absolute atomic E-state index is 12.8. The van der Waals surface area contributed by atoms with Crippen molar-refractivity contribution in [2.45, 2.75) is 19.4 Å². The summed E-state index contributed by atoms with van der Waals surface area (Å²) >= 11 is 1.71. The minimum atomic E-state index is -0.289. The number of nitrogens with one attached hydrogen (secondary N) is 1.